The standard InChI is InChI=1S/C20H21N3O/c1-15(20-21-10-11-23(20)19-5-3-2-4-6-19)22-18-8-7-16-9-12-24-14-17(16)13-18/h2-8,10-11,13,15,22H,9,12,14H2,1H3. The van der Waals surface area contributed by atoms with Crippen LogP contribution in [0.3, 0.4) is 0 Å². The highest BCUT2D eigenvalue weighted by molar-refractivity contribution is 5.50. The van der Waals surface area contributed by atoms with Gasteiger partial charge < -0.3 is 14.6 Å². The van der Waals surface area contributed by atoms with Gasteiger partial charge in [-0.1, -0.05) is 24.3 Å². The van der Waals surface area contributed by atoms with Gasteiger partial charge in [0.05, 0.1) is 19.3 Å². The molecular weight excluding hydrogens is 298 g/mol. The molecule has 0 aliphatic carbocycles. The van der Waals surface area contributed by atoms with Crippen LogP contribution >= 0.6 is 0 Å². The lowest BCUT2D eigenvalue weighted by atomic mass is 10.0. The zero-order valence-electron chi connectivity index (χ0n) is 13.8. The Morgan fingerprint density at radius 1 is 1.12 bits per heavy atom. The van der Waals surface area contributed by atoms with Gasteiger partial charge in [0.1, 0.15) is 5.82 Å². The molecule has 0 spiro atoms. The maximum atomic E-state index is 5.56. The number of imidazole rings is 1. The summed E-state index contributed by atoms with van der Waals surface area (Å²) in [7, 11) is 0. The summed E-state index contributed by atoms with van der Waals surface area (Å²) in [6.45, 7) is 3.67. The number of benzene rings is 2. The van der Waals surface area contributed by atoms with Gasteiger partial charge in [-0.2, -0.15) is 0 Å². The highest BCUT2D eigenvalue weighted by Crippen LogP contribution is 2.25. The number of hydrogen-bond acceptors (Lipinski definition) is 3. The average molecular weight is 319 g/mol. The van der Waals surface area contributed by atoms with Crippen molar-refractivity contribution in [3.63, 3.8) is 0 Å². The van der Waals surface area contributed by atoms with Crippen LogP contribution in [-0.2, 0) is 17.8 Å². The molecular formula is C20H21N3O. The molecule has 1 aliphatic rings. The first-order valence-corrected chi connectivity index (χ1v) is 8.36. The second-order valence-electron chi connectivity index (χ2n) is 6.14. The molecule has 0 bridgehead atoms. The third-order valence-corrected chi connectivity index (χ3v) is 4.45. The fraction of sp³-hybridized carbons (Fsp3) is 0.250. The lowest BCUT2D eigenvalue weighted by Crippen LogP contribution is -2.14. The summed E-state index contributed by atoms with van der Waals surface area (Å²) in [5, 5.41) is 3.57. The second kappa shape index (κ2) is 6.49. The van der Waals surface area contributed by atoms with Gasteiger partial charge in [0.25, 0.3) is 0 Å². The van der Waals surface area contributed by atoms with E-state index in [1.54, 1.807) is 0 Å². The SMILES string of the molecule is CC(Nc1ccc2c(c1)COCC2)c1nccn1-c1ccccc1. The molecule has 1 aliphatic heterocycles. The fourth-order valence-corrected chi connectivity index (χ4v) is 3.22. The van der Waals surface area contributed by atoms with E-state index in [-0.39, 0.29) is 6.04 Å². The number of nitrogens with zero attached hydrogens (tertiary/aromatic N) is 2. The molecule has 24 heavy (non-hydrogen) atoms. The molecule has 0 saturated carbocycles. The summed E-state index contributed by atoms with van der Waals surface area (Å²) in [5.74, 6) is 0.996. The molecule has 1 aromatic heterocycles. The van der Waals surface area contributed by atoms with Crippen LogP contribution in [0.15, 0.2) is 60.9 Å². The predicted octanol–water partition coefficient (Wildman–Crippen LogP) is 4.12. The van der Waals surface area contributed by atoms with Crippen LogP contribution < -0.4 is 5.32 Å². The lowest BCUT2D eigenvalue weighted by Gasteiger charge is -2.20. The van der Waals surface area contributed by atoms with Gasteiger partial charge in [-0.3, -0.25) is 0 Å². The molecule has 0 amide bonds. The van der Waals surface area contributed by atoms with Crippen LogP contribution in [0, 0.1) is 0 Å². The average Bonchev–Trinajstić information content (AvgIpc) is 3.12. The third kappa shape index (κ3) is 2.93. The van der Waals surface area contributed by atoms with E-state index >= 15 is 0 Å². The Labute approximate surface area is 142 Å². The van der Waals surface area contributed by atoms with Gasteiger partial charge in [0.15, 0.2) is 0 Å². The lowest BCUT2D eigenvalue weighted by molar-refractivity contribution is 0.111. The minimum atomic E-state index is 0.0998. The Morgan fingerprint density at radius 3 is 2.88 bits per heavy atom. The van der Waals surface area contributed by atoms with Crippen molar-refractivity contribution in [2.75, 3.05) is 11.9 Å². The number of fused-ring (bicyclic) bond motifs is 1. The number of rotatable bonds is 4. The molecule has 1 atom stereocenters. The van der Waals surface area contributed by atoms with Crippen molar-refractivity contribution < 1.29 is 4.74 Å². The smallest absolute Gasteiger partial charge is 0.135 e. The molecule has 2 aromatic carbocycles. The van der Waals surface area contributed by atoms with Gasteiger partial charge >= 0.3 is 0 Å². The van der Waals surface area contributed by atoms with Gasteiger partial charge in [0, 0.05) is 23.8 Å². The number of hydrogen-bond donors (Lipinski definition) is 1. The van der Waals surface area contributed by atoms with E-state index in [1.165, 1.54) is 11.1 Å². The molecule has 4 heteroatoms. The van der Waals surface area contributed by atoms with E-state index in [9.17, 15) is 0 Å². The number of aromatic nitrogens is 2. The maximum absolute atomic E-state index is 5.56. The van der Waals surface area contributed by atoms with Crippen LogP contribution in [0.25, 0.3) is 5.69 Å². The summed E-state index contributed by atoms with van der Waals surface area (Å²) in [4.78, 5) is 4.55. The largest absolute Gasteiger partial charge is 0.376 e. The topological polar surface area (TPSA) is 39.1 Å². The van der Waals surface area contributed by atoms with Crippen LogP contribution in [-0.4, -0.2) is 16.2 Å². The van der Waals surface area contributed by atoms with Crippen molar-refractivity contribution in [1.82, 2.24) is 9.55 Å². The molecule has 122 valence electrons. The molecule has 0 radical (unpaired) electrons. The van der Waals surface area contributed by atoms with E-state index in [0.717, 1.165) is 30.2 Å². The number of ether oxygens (including phenoxy) is 1. The first-order chi connectivity index (χ1) is 11.8. The Balaban J connectivity index is 1.57. The number of anilines is 1. The molecule has 0 fully saturated rings. The van der Waals surface area contributed by atoms with Crippen molar-refractivity contribution in [3.8, 4) is 5.69 Å². The monoisotopic (exact) mass is 319 g/mol. The Kier molecular flexibility index (Phi) is 4.05. The summed E-state index contributed by atoms with van der Waals surface area (Å²) < 4.78 is 7.69. The van der Waals surface area contributed by atoms with E-state index in [0.29, 0.717) is 6.61 Å². The molecule has 1 unspecified atom stereocenters. The van der Waals surface area contributed by atoms with Crippen molar-refractivity contribution >= 4 is 5.69 Å². The first-order valence-electron chi connectivity index (χ1n) is 8.36. The predicted molar refractivity (Wildman–Crippen MR) is 95.4 cm³/mol. The normalized spacial score (nSPS) is 14.9. The summed E-state index contributed by atoms with van der Waals surface area (Å²) in [6, 6.07) is 16.9. The van der Waals surface area contributed by atoms with Crippen molar-refractivity contribution in [1.29, 1.82) is 0 Å². The summed E-state index contributed by atoms with van der Waals surface area (Å²) >= 11 is 0. The van der Waals surface area contributed by atoms with Crippen LogP contribution in [0.1, 0.15) is 29.9 Å². The van der Waals surface area contributed by atoms with Crippen LogP contribution in [0.4, 0.5) is 5.69 Å². The van der Waals surface area contributed by atoms with Crippen molar-refractivity contribution in [2.45, 2.75) is 26.0 Å². The van der Waals surface area contributed by atoms with E-state index in [1.807, 2.05) is 30.6 Å². The molecule has 3 aromatic rings. The highest BCUT2D eigenvalue weighted by Gasteiger charge is 2.15. The second-order valence-corrected chi connectivity index (χ2v) is 6.14. The summed E-state index contributed by atoms with van der Waals surface area (Å²) in [5.41, 5.74) is 4.90. The van der Waals surface area contributed by atoms with Gasteiger partial charge in [0.2, 0.25) is 0 Å². The van der Waals surface area contributed by atoms with E-state index < -0.39 is 0 Å². The molecule has 4 nitrogen and oxygen atoms in total. The van der Waals surface area contributed by atoms with Gasteiger partial charge in [-0.25, -0.2) is 4.98 Å². The number of nitrogens with one attached hydrogen (secondary N) is 1. The van der Waals surface area contributed by atoms with Gasteiger partial charge in [-0.15, -0.1) is 0 Å². The van der Waals surface area contributed by atoms with E-state index in [4.69, 9.17) is 4.74 Å². The zero-order valence-corrected chi connectivity index (χ0v) is 13.8. The summed E-state index contributed by atoms with van der Waals surface area (Å²) in [6.07, 6.45) is 4.86. The third-order valence-electron chi connectivity index (χ3n) is 4.45. The molecule has 1 N–H and O–H groups in total. The first kappa shape index (κ1) is 15.0. The minimum absolute atomic E-state index is 0.0998. The van der Waals surface area contributed by atoms with E-state index in [2.05, 4.69) is 52.1 Å². The quantitative estimate of drug-likeness (QED) is 0.786. The molecule has 0 saturated heterocycles. The highest BCUT2D eigenvalue weighted by atomic mass is 16.5. The minimum Gasteiger partial charge on any atom is -0.376 e. The maximum Gasteiger partial charge on any atom is 0.135 e. The molecule has 4 rings (SSSR count). The van der Waals surface area contributed by atoms with Crippen LogP contribution in [0.2, 0.25) is 0 Å². The number of para-hydroxylation sites is 1. The Hall–Kier alpha value is -2.59. The Bertz CT molecular complexity index is 826. The zero-order chi connectivity index (χ0) is 16.4. The molecule has 2 heterocycles. The Morgan fingerprint density at radius 2 is 2.00 bits per heavy atom. The van der Waals surface area contributed by atoms with Crippen LogP contribution in [0.5, 0.6) is 0 Å². The van der Waals surface area contributed by atoms with Crippen molar-refractivity contribution in [3.05, 3.63) is 77.9 Å². The fourth-order valence-electron chi connectivity index (χ4n) is 3.22. The van der Waals surface area contributed by atoms with Gasteiger partial charge in [-0.05, 0) is 48.7 Å². The van der Waals surface area contributed by atoms with Crippen molar-refractivity contribution in [2.24, 2.45) is 0 Å².